The number of hydrogen-bond acceptors (Lipinski definition) is 4. The van der Waals surface area contributed by atoms with Crippen LogP contribution in [-0.2, 0) is 11.3 Å². The van der Waals surface area contributed by atoms with E-state index in [9.17, 15) is 14.0 Å². The summed E-state index contributed by atoms with van der Waals surface area (Å²) in [4.78, 5) is 29.7. The van der Waals surface area contributed by atoms with Crippen LogP contribution in [0, 0.1) is 5.82 Å². The van der Waals surface area contributed by atoms with Crippen molar-refractivity contribution in [2.24, 2.45) is 0 Å². The monoisotopic (exact) mass is 449 g/mol. The standard InChI is InChI=1S/C19H17BrFN3O2S/c1-3-24-18(26)13-6-4-5-7-15(13)23-19(24)27-11(2)17(25)22-16-9-8-12(20)10-14(16)21/h4-11H,3H2,1-2H3,(H,22,25). The zero-order valence-electron chi connectivity index (χ0n) is 14.7. The first-order valence-corrected chi connectivity index (χ1v) is 10.00. The topological polar surface area (TPSA) is 64.0 Å². The van der Waals surface area contributed by atoms with Crippen LogP contribution in [0.4, 0.5) is 10.1 Å². The molecule has 0 aliphatic rings. The predicted molar refractivity (Wildman–Crippen MR) is 110 cm³/mol. The molecule has 1 N–H and O–H groups in total. The molecule has 1 atom stereocenters. The highest BCUT2D eigenvalue weighted by atomic mass is 79.9. The lowest BCUT2D eigenvalue weighted by Gasteiger charge is -2.15. The Kier molecular flexibility index (Phi) is 5.96. The number of amides is 1. The van der Waals surface area contributed by atoms with Gasteiger partial charge in [0.1, 0.15) is 5.82 Å². The third kappa shape index (κ3) is 4.22. The van der Waals surface area contributed by atoms with Crippen molar-refractivity contribution < 1.29 is 9.18 Å². The van der Waals surface area contributed by atoms with Crippen molar-refractivity contribution in [2.75, 3.05) is 5.32 Å². The molecule has 0 aliphatic heterocycles. The Morgan fingerprint density at radius 1 is 1.33 bits per heavy atom. The lowest BCUT2D eigenvalue weighted by molar-refractivity contribution is -0.115. The Hall–Kier alpha value is -2.19. The summed E-state index contributed by atoms with van der Waals surface area (Å²) in [6.45, 7) is 3.98. The molecule has 0 spiro atoms. The van der Waals surface area contributed by atoms with Crippen molar-refractivity contribution in [3.63, 3.8) is 0 Å². The van der Waals surface area contributed by atoms with E-state index in [0.29, 0.717) is 27.1 Å². The van der Waals surface area contributed by atoms with Crippen LogP contribution in [-0.4, -0.2) is 20.7 Å². The van der Waals surface area contributed by atoms with Gasteiger partial charge in [0.15, 0.2) is 5.16 Å². The van der Waals surface area contributed by atoms with Gasteiger partial charge in [0.05, 0.1) is 21.8 Å². The molecule has 0 saturated heterocycles. The second-order valence-electron chi connectivity index (χ2n) is 5.83. The first-order chi connectivity index (χ1) is 12.9. The number of anilines is 1. The number of halogens is 2. The summed E-state index contributed by atoms with van der Waals surface area (Å²) in [5.41, 5.74) is 0.549. The number of aromatic nitrogens is 2. The van der Waals surface area contributed by atoms with E-state index in [-0.39, 0.29) is 17.2 Å². The van der Waals surface area contributed by atoms with E-state index in [4.69, 9.17) is 0 Å². The van der Waals surface area contributed by atoms with Crippen LogP contribution in [0.3, 0.4) is 0 Å². The average molecular weight is 450 g/mol. The van der Waals surface area contributed by atoms with E-state index in [1.165, 1.54) is 28.5 Å². The van der Waals surface area contributed by atoms with Crippen LogP contribution in [0.2, 0.25) is 0 Å². The van der Waals surface area contributed by atoms with Crippen LogP contribution < -0.4 is 10.9 Å². The highest BCUT2D eigenvalue weighted by Crippen LogP contribution is 2.25. The second kappa shape index (κ2) is 8.22. The first-order valence-electron chi connectivity index (χ1n) is 8.33. The molecule has 27 heavy (non-hydrogen) atoms. The summed E-state index contributed by atoms with van der Waals surface area (Å²) >= 11 is 4.35. The van der Waals surface area contributed by atoms with E-state index >= 15 is 0 Å². The Bertz CT molecular complexity index is 1070. The summed E-state index contributed by atoms with van der Waals surface area (Å²) in [5.74, 6) is -0.893. The van der Waals surface area contributed by atoms with Crippen LogP contribution in [0.5, 0.6) is 0 Å². The van der Waals surface area contributed by atoms with Gasteiger partial charge in [-0.1, -0.05) is 39.8 Å². The molecule has 0 radical (unpaired) electrons. The zero-order chi connectivity index (χ0) is 19.6. The summed E-state index contributed by atoms with van der Waals surface area (Å²) in [6.07, 6.45) is 0. The summed E-state index contributed by atoms with van der Waals surface area (Å²) in [6, 6.07) is 11.5. The molecular formula is C19H17BrFN3O2S. The van der Waals surface area contributed by atoms with E-state index in [1.807, 2.05) is 13.0 Å². The van der Waals surface area contributed by atoms with Gasteiger partial charge in [-0.05, 0) is 44.2 Å². The quantitative estimate of drug-likeness (QED) is 0.461. The summed E-state index contributed by atoms with van der Waals surface area (Å²) in [7, 11) is 0. The minimum atomic E-state index is -0.570. The minimum Gasteiger partial charge on any atom is -0.323 e. The molecule has 5 nitrogen and oxygen atoms in total. The number of rotatable bonds is 5. The average Bonchev–Trinajstić information content (AvgIpc) is 2.64. The molecule has 8 heteroatoms. The van der Waals surface area contributed by atoms with E-state index in [1.54, 1.807) is 31.2 Å². The van der Waals surface area contributed by atoms with Crippen LogP contribution in [0.1, 0.15) is 13.8 Å². The van der Waals surface area contributed by atoms with E-state index in [0.717, 1.165) is 0 Å². The fourth-order valence-electron chi connectivity index (χ4n) is 2.55. The van der Waals surface area contributed by atoms with Crippen molar-refractivity contribution in [2.45, 2.75) is 30.8 Å². The smallest absolute Gasteiger partial charge is 0.262 e. The minimum absolute atomic E-state index is 0.106. The molecular weight excluding hydrogens is 433 g/mol. The number of fused-ring (bicyclic) bond motifs is 1. The van der Waals surface area contributed by atoms with Gasteiger partial charge >= 0.3 is 0 Å². The molecule has 2 aromatic carbocycles. The van der Waals surface area contributed by atoms with Gasteiger partial charge in [0, 0.05) is 11.0 Å². The SMILES string of the molecule is CCn1c(SC(C)C(=O)Nc2ccc(Br)cc2F)nc2ccccc2c1=O. The molecule has 0 aliphatic carbocycles. The molecule has 0 fully saturated rings. The van der Waals surface area contributed by atoms with E-state index < -0.39 is 11.1 Å². The van der Waals surface area contributed by atoms with E-state index in [2.05, 4.69) is 26.2 Å². The van der Waals surface area contributed by atoms with Crippen molar-refractivity contribution in [3.8, 4) is 0 Å². The van der Waals surface area contributed by atoms with Gasteiger partial charge in [0.2, 0.25) is 5.91 Å². The molecule has 0 saturated carbocycles. The second-order valence-corrected chi connectivity index (χ2v) is 8.06. The normalized spacial score (nSPS) is 12.1. The number of carbonyl (C=O) groups excluding carboxylic acids is 1. The van der Waals surface area contributed by atoms with Gasteiger partial charge in [-0.2, -0.15) is 0 Å². The Labute approximate surface area is 168 Å². The molecule has 1 aromatic heterocycles. The fourth-order valence-corrected chi connectivity index (χ4v) is 3.86. The number of hydrogen-bond donors (Lipinski definition) is 1. The molecule has 1 amide bonds. The van der Waals surface area contributed by atoms with Crippen molar-refractivity contribution in [3.05, 3.63) is 63.1 Å². The zero-order valence-corrected chi connectivity index (χ0v) is 17.1. The number of carbonyl (C=O) groups is 1. The summed E-state index contributed by atoms with van der Waals surface area (Å²) in [5, 5.41) is 3.00. The van der Waals surface area contributed by atoms with Crippen molar-refractivity contribution in [1.29, 1.82) is 0 Å². The Balaban J connectivity index is 1.85. The predicted octanol–water partition coefficient (Wildman–Crippen LogP) is 4.44. The molecule has 3 rings (SSSR count). The maximum atomic E-state index is 13.9. The van der Waals surface area contributed by atoms with Crippen molar-refractivity contribution in [1.82, 2.24) is 9.55 Å². The number of benzene rings is 2. The summed E-state index contributed by atoms with van der Waals surface area (Å²) < 4.78 is 16.1. The van der Waals surface area contributed by atoms with Crippen LogP contribution in [0.15, 0.2) is 56.9 Å². The maximum absolute atomic E-state index is 13.9. The van der Waals surface area contributed by atoms with Crippen LogP contribution in [0.25, 0.3) is 10.9 Å². The largest absolute Gasteiger partial charge is 0.323 e. The number of nitrogens with zero attached hydrogens (tertiary/aromatic N) is 2. The lowest BCUT2D eigenvalue weighted by Crippen LogP contribution is -2.26. The molecule has 1 heterocycles. The van der Waals surface area contributed by atoms with Gasteiger partial charge in [0.25, 0.3) is 5.56 Å². The highest BCUT2D eigenvalue weighted by Gasteiger charge is 2.20. The lowest BCUT2D eigenvalue weighted by atomic mass is 10.2. The van der Waals surface area contributed by atoms with Crippen LogP contribution >= 0.6 is 27.7 Å². The number of nitrogens with one attached hydrogen (secondary N) is 1. The molecule has 1 unspecified atom stereocenters. The highest BCUT2D eigenvalue weighted by molar-refractivity contribution is 9.10. The van der Waals surface area contributed by atoms with Gasteiger partial charge in [-0.15, -0.1) is 0 Å². The Morgan fingerprint density at radius 2 is 2.07 bits per heavy atom. The Morgan fingerprint density at radius 3 is 2.78 bits per heavy atom. The number of para-hydroxylation sites is 1. The fraction of sp³-hybridized carbons (Fsp3) is 0.211. The first kappa shape index (κ1) is 19.6. The van der Waals surface area contributed by atoms with Gasteiger partial charge in [-0.3, -0.25) is 14.2 Å². The third-order valence-corrected chi connectivity index (χ3v) is 5.57. The van der Waals surface area contributed by atoms with Gasteiger partial charge in [-0.25, -0.2) is 9.37 Å². The third-order valence-electron chi connectivity index (χ3n) is 3.98. The van der Waals surface area contributed by atoms with Crippen molar-refractivity contribution >= 4 is 50.2 Å². The molecule has 0 bridgehead atoms. The molecule has 3 aromatic rings. The molecule has 140 valence electrons. The maximum Gasteiger partial charge on any atom is 0.262 e. The van der Waals surface area contributed by atoms with Gasteiger partial charge < -0.3 is 5.32 Å². The number of thioether (sulfide) groups is 1.